The van der Waals surface area contributed by atoms with Crippen molar-refractivity contribution in [3.63, 3.8) is 0 Å². The average Bonchev–Trinajstić information content (AvgIpc) is 2.85. The van der Waals surface area contributed by atoms with Gasteiger partial charge in [-0.25, -0.2) is 19.6 Å². The molecule has 0 spiro atoms. The van der Waals surface area contributed by atoms with Crippen LogP contribution in [0.4, 0.5) is 5.69 Å². The normalized spacial score (nSPS) is 11.6. The van der Waals surface area contributed by atoms with E-state index in [9.17, 15) is 4.79 Å². The van der Waals surface area contributed by atoms with Crippen LogP contribution in [0, 0.1) is 0 Å². The van der Waals surface area contributed by atoms with Gasteiger partial charge in [0.2, 0.25) is 5.43 Å². The van der Waals surface area contributed by atoms with Crippen molar-refractivity contribution < 1.29 is 4.74 Å². The Labute approximate surface area is 184 Å². The quantitative estimate of drug-likeness (QED) is 0.476. The number of benzene rings is 2. The number of hydrogen-bond acceptors (Lipinski definition) is 7. The van der Waals surface area contributed by atoms with Crippen molar-refractivity contribution in [2.24, 2.45) is 10.7 Å². The lowest BCUT2D eigenvalue weighted by molar-refractivity contribution is 0.411. The average molecular weight is 424 g/mol. The maximum atomic E-state index is 12.6. The molecule has 0 radical (unpaired) electrons. The van der Waals surface area contributed by atoms with Crippen LogP contribution in [-0.2, 0) is 0 Å². The number of ether oxygens (including phenoxy) is 1. The molecule has 2 aromatic carbocycles. The molecule has 8 heteroatoms. The summed E-state index contributed by atoms with van der Waals surface area (Å²) >= 11 is 0. The van der Waals surface area contributed by atoms with E-state index in [2.05, 4.69) is 20.1 Å². The van der Waals surface area contributed by atoms with Crippen LogP contribution >= 0.6 is 0 Å². The topological polar surface area (TPSA) is 108 Å². The third kappa shape index (κ3) is 4.44. The number of aliphatic imine (C=N–C) groups is 1. The molecule has 32 heavy (non-hydrogen) atoms. The maximum absolute atomic E-state index is 12.6. The van der Waals surface area contributed by atoms with Crippen LogP contribution in [0.3, 0.4) is 0 Å². The maximum Gasteiger partial charge on any atom is 0.209 e. The standard InChI is InChI=1S/C24H20N6O2/c1-32-23-15-17(19-10-13-26-16-27-19)7-8-21(23)30-14-11-22(31)24(29-30)20(9-12-25)28-18-5-3-2-4-6-18/h2-16H,25H2,1H3. The summed E-state index contributed by atoms with van der Waals surface area (Å²) < 4.78 is 7.16. The molecular formula is C24H20N6O2. The summed E-state index contributed by atoms with van der Waals surface area (Å²) in [5, 5.41) is 4.53. The van der Waals surface area contributed by atoms with Gasteiger partial charge < -0.3 is 10.5 Å². The molecule has 2 heterocycles. The molecule has 0 aliphatic carbocycles. The summed E-state index contributed by atoms with van der Waals surface area (Å²) in [5.41, 5.74) is 8.83. The van der Waals surface area contributed by atoms with E-state index >= 15 is 0 Å². The minimum absolute atomic E-state index is 0.167. The first-order valence-electron chi connectivity index (χ1n) is 9.77. The zero-order valence-corrected chi connectivity index (χ0v) is 17.3. The fraction of sp³-hybridized carbons (Fsp3) is 0.0417. The molecule has 0 aliphatic heterocycles. The Bertz CT molecular complexity index is 1330. The van der Waals surface area contributed by atoms with Crippen LogP contribution in [0.2, 0.25) is 0 Å². The molecule has 0 unspecified atom stereocenters. The summed E-state index contributed by atoms with van der Waals surface area (Å²) in [7, 11) is 1.57. The number of allylic oxidation sites excluding steroid dienone is 1. The Morgan fingerprint density at radius 2 is 1.97 bits per heavy atom. The highest BCUT2D eigenvalue weighted by atomic mass is 16.5. The Hall–Kier alpha value is -4.59. The van der Waals surface area contributed by atoms with Crippen LogP contribution in [0.15, 0.2) is 101 Å². The zero-order chi connectivity index (χ0) is 22.3. The Balaban J connectivity index is 1.80. The van der Waals surface area contributed by atoms with Gasteiger partial charge in [-0.15, -0.1) is 0 Å². The van der Waals surface area contributed by atoms with E-state index in [0.29, 0.717) is 22.8 Å². The predicted octanol–water partition coefficient (Wildman–Crippen LogP) is 3.29. The lowest BCUT2D eigenvalue weighted by Gasteiger charge is -2.13. The molecule has 0 aliphatic rings. The van der Waals surface area contributed by atoms with Crippen molar-refractivity contribution in [2.75, 3.05) is 7.11 Å². The fourth-order valence-electron chi connectivity index (χ4n) is 3.11. The molecule has 0 amide bonds. The lowest BCUT2D eigenvalue weighted by Crippen LogP contribution is -2.20. The fourth-order valence-corrected chi connectivity index (χ4v) is 3.11. The molecule has 0 bridgehead atoms. The van der Waals surface area contributed by atoms with Gasteiger partial charge in [-0.3, -0.25) is 4.79 Å². The number of para-hydroxylation sites is 1. The van der Waals surface area contributed by atoms with Gasteiger partial charge in [0, 0.05) is 24.0 Å². The van der Waals surface area contributed by atoms with E-state index in [1.54, 1.807) is 30.3 Å². The molecule has 4 aromatic rings. The van der Waals surface area contributed by atoms with Gasteiger partial charge in [0.1, 0.15) is 17.8 Å². The molecule has 0 atom stereocenters. The van der Waals surface area contributed by atoms with E-state index in [0.717, 1.165) is 11.3 Å². The zero-order valence-electron chi connectivity index (χ0n) is 17.3. The molecule has 158 valence electrons. The van der Waals surface area contributed by atoms with Gasteiger partial charge in [-0.2, -0.15) is 5.10 Å². The molecule has 0 saturated carbocycles. The van der Waals surface area contributed by atoms with Gasteiger partial charge in [0.05, 0.1) is 24.2 Å². The van der Waals surface area contributed by atoms with Gasteiger partial charge in [-0.05, 0) is 42.6 Å². The first-order chi connectivity index (χ1) is 15.7. The number of rotatable bonds is 6. The van der Waals surface area contributed by atoms with Crippen molar-refractivity contribution in [1.29, 1.82) is 0 Å². The van der Waals surface area contributed by atoms with Crippen molar-refractivity contribution in [2.45, 2.75) is 0 Å². The molecule has 2 N–H and O–H groups in total. The summed E-state index contributed by atoms with van der Waals surface area (Å²) in [5.74, 6) is 0.569. The monoisotopic (exact) mass is 424 g/mol. The van der Waals surface area contributed by atoms with Crippen molar-refractivity contribution >= 4 is 11.4 Å². The second-order valence-electron chi connectivity index (χ2n) is 6.65. The Morgan fingerprint density at radius 1 is 1.12 bits per heavy atom. The number of nitrogens with zero attached hydrogens (tertiary/aromatic N) is 5. The van der Waals surface area contributed by atoms with E-state index in [1.165, 1.54) is 18.6 Å². The van der Waals surface area contributed by atoms with E-state index < -0.39 is 0 Å². The molecule has 0 fully saturated rings. The number of nitrogens with two attached hydrogens (primary N) is 1. The highest BCUT2D eigenvalue weighted by Crippen LogP contribution is 2.28. The van der Waals surface area contributed by atoms with Crippen molar-refractivity contribution in [1.82, 2.24) is 19.7 Å². The summed E-state index contributed by atoms with van der Waals surface area (Å²) in [6.07, 6.45) is 7.63. The summed E-state index contributed by atoms with van der Waals surface area (Å²) in [6.45, 7) is 0. The van der Waals surface area contributed by atoms with Crippen LogP contribution in [0.25, 0.3) is 16.9 Å². The van der Waals surface area contributed by atoms with Crippen LogP contribution in [0.1, 0.15) is 5.69 Å². The smallest absolute Gasteiger partial charge is 0.209 e. The highest BCUT2D eigenvalue weighted by molar-refractivity contribution is 6.08. The van der Waals surface area contributed by atoms with Gasteiger partial charge in [-0.1, -0.05) is 24.3 Å². The highest BCUT2D eigenvalue weighted by Gasteiger charge is 2.13. The van der Waals surface area contributed by atoms with Crippen LogP contribution in [-0.4, -0.2) is 32.6 Å². The van der Waals surface area contributed by atoms with Crippen LogP contribution in [0.5, 0.6) is 5.75 Å². The van der Waals surface area contributed by atoms with Crippen molar-refractivity contribution in [3.05, 3.63) is 108 Å². The molecular weight excluding hydrogens is 404 g/mol. The van der Waals surface area contributed by atoms with Gasteiger partial charge in [0.25, 0.3) is 0 Å². The third-order valence-corrected chi connectivity index (χ3v) is 4.61. The lowest BCUT2D eigenvalue weighted by atomic mass is 10.1. The number of methoxy groups -OCH3 is 1. The van der Waals surface area contributed by atoms with E-state index in [4.69, 9.17) is 10.5 Å². The van der Waals surface area contributed by atoms with Gasteiger partial charge >= 0.3 is 0 Å². The minimum Gasteiger partial charge on any atom is -0.494 e. The van der Waals surface area contributed by atoms with Crippen LogP contribution < -0.4 is 15.9 Å². The predicted molar refractivity (Wildman–Crippen MR) is 123 cm³/mol. The molecule has 2 aromatic heterocycles. The number of aromatic nitrogens is 4. The number of hydrogen-bond donors (Lipinski definition) is 1. The van der Waals surface area contributed by atoms with Crippen molar-refractivity contribution in [3.8, 4) is 22.7 Å². The molecule has 8 nitrogen and oxygen atoms in total. The van der Waals surface area contributed by atoms with Gasteiger partial charge in [0.15, 0.2) is 5.69 Å². The molecule has 0 saturated heterocycles. The Kier molecular flexibility index (Phi) is 6.12. The third-order valence-electron chi connectivity index (χ3n) is 4.61. The first kappa shape index (κ1) is 20.7. The summed E-state index contributed by atoms with van der Waals surface area (Å²) in [6, 6.07) is 18.1. The second-order valence-corrected chi connectivity index (χ2v) is 6.65. The second kappa shape index (κ2) is 9.48. The largest absolute Gasteiger partial charge is 0.494 e. The minimum atomic E-state index is -0.273. The first-order valence-corrected chi connectivity index (χ1v) is 9.77. The molecule has 4 rings (SSSR count). The Morgan fingerprint density at radius 3 is 2.69 bits per heavy atom. The van der Waals surface area contributed by atoms with E-state index in [-0.39, 0.29) is 11.1 Å². The summed E-state index contributed by atoms with van der Waals surface area (Å²) in [4.78, 5) is 25.4. The van der Waals surface area contributed by atoms with E-state index in [1.807, 2.05) is 54.6 Å². The SMILES string of the molecule is COc1cc(-c2ccncn2)ccc1-n1ccc(=O)c(C(C=CN)=Nc2ccccc2)n1.